The molecule has 0 unspecified atom stereocenters. The third kappa shape index (κ3) is 6.47. The molecule has 0 aromatic heterocycles. The summed E-state index contributed by atoms with van der Waals surface area (Å²) in [7, 11) is 0. The zero-order valence-electron chi connectivity index (χ0n) is 24.0. The number of piperazine rings is 1. The van der Waals surface area contributed by atoms with Crippen LogP contribution in [0.3, 0.4) is 0 Å². The lowest BCUT2D eigenvalue weighted by molar-refractivity contribution is -0.126. The standard InChI is InChI=1S/C36H35N3O3/c1-3-11-29-22-27(23-31(25-37)36(40)39-20-18-38(19-21-39)32-15-6-5-7-16-32)24-34(41-4-2)35(29)42-26-30-14-10-13-28-12-8-9-17-33(28)30/h3,5-10,12-17,22-24H,1,4,11,18-21,26H2,2H3/b31-23-. The van der Waals surface area contributed by atoms with Crippen LogP contribution in [-0.4, -0.2) is 43.6 Å². The lowest BCUT2D eigenvalue weighted by atomic mass is 10.0. The van der Waals surface area contributed by atoms with E-state index in [4.69, 9.17) is 9.47 Å². The smallest absolute Gasteiger partial charge is 0.264 e. The highest BCUT2D eigenvalue weighted by molar-refractivity contribution is 6.02. The second-order valence-electron chi connectivity index (χ2n) is 10.1. The van der Waals surface area contributed by atoms with Gasteiger partial charge in [0.25, 0.3) is 5.91 Å². The Labute approximate surface area is 247 Å². The minimum Gasteiger partial charge on any atom is -0.490 e. The number of fused-ring (bicyclic) bond motifs is 1. The number of nitriles is 1. The van der Waals surface area contributed by atoms with Gasteiger partial charge in [-0.2, -0.15) is 5.26 Å². The zero-order chi connectivity index (χ0) is 29.3. The van der Waals surface area contributed by atoms with Crippen LogP contribution in [0.4, 0.5) is 5.69 Å². The number of hydrogen-bond acceptors (Lipinski definition) is 5. The van der Waals surface area contributed by atoms with Gasteiger partial charge >= 0.3 is 0 Å². The topological polar surface area (TPSA) is 65.8 Å². The highest BCUT2D eigenvalue weighted by Crippen LogP contribution is 2.36. The van der Waals surface area contributed by atoms with Gasteiger partial charge < -0.3 is 19.3 Å². The summed E-state index contributed by atoms with van der Waals surface area (Å²) in [5.41, 5.74) is 3.90. The van der Waals surface area contributed by atoms with Gasteiger partial charge in [0.1, 0.15) is 18.2 Å². The van der Waals surface area contributed by atoms with Crippen LogP contribution in [0.25, 0.3) is 16.8 Å². The molecule has 6 nitrogen and oxygen atoms in total. The van der Waals surface area contributed by atoms with Crippen molar-refractivity contribution in [1.29, 1.82) is 5.26 Å². The highest BCUT2D eigenvalue weighted by atomic mass is 16.5. The average molecular weight is 558 g/mol. The molecule has 5 rings (SSSR count). The second-order valence-corrected chi connectivity index (χ2v) is 10.1. The van der Waals surface area contributed by atoms with Crippen molar-refractivity contribution in [2.75, 3.05) is 37.7 Å². The summed E-state index contributed by atoms with van der Waals surface area (Å²) in [6, 6.07) is 30.5. The molecule has 0 aliphatic carbocycles. The first kappa shape index (κ1) is 28.5. The molecule has 212 valence electrons. The van der Waals surface area contributed by atoms with E-state index in [1.54, 1.807) is 11.0 Å². The number of nitrogens with zero attached hydrogens (tertiary/aromatic N) is 3. The molecule has 1 aliphatic rings. The first-order valence-electron chi connectivity index (χ1n) is 14.3. The molecule has 42 heavy (non-hydrogen) atoms. The van der Waals surface area contributed by atoms with E-state index in [1.807, 2.05) is 61.5 Å². The molecule has 1 aliphatic heterocycles. The van der Waals surface area contributed by atoms with Crippen molar-refractivity contribution in [3.8, 4) is 17.6 Å². The van der Waals surface area contributed by atoms with Crippen LogP contribution < -0.4 is 14.4 Å². The molecule has 1 fully saturated rings. The number of amides is 1. The SMILES string of the molecule is C=CCc1cc(/C=C(/C#N)C(=O)N2CCN(c3ccccc3)CC2)cc(OCC)c1OCc1cccc2ccccc12. The maximum absolute atomic E-state index is 13.4. The summed E-state index contributed by atoms with van der Waals surface area (Å²) in [6.07, 6.45) is 4.01. The Morgan fingerprint density at radius 1 is 0.929 bits per heavy atom. The molecule has 1 amide bonds. The lowest BCUT2D eigenvalue weighted by Gasteiger charge is -2.36. The Morgan fingerprint density at radius 3 is 2.40 bits per heavy atom. The normalized spacial score (nSPS) is 13.5. The maximum Gasteiger partial charge on any atom is 0.264 e. The first-order valence-corrected chi connectivity index (χ1v) is 14.3. The average Bonchev–Trinajstić information content (AvgIpc) is 3.04. The van der Waals surface area contributed by atoms with Gasteiger partial charge in [-0.1, -0.05) is 66.7 Å². The number of carbonyl (C=O) groups is 1. The van der Waals surface area contributed by atoms with E-state index in [0.717, 1.165) is 40.7 Å². The monoisotopic (exact) mass is 557 g/mol. The Bertz CT molecular complexity index is 1630. The molecule has 4 aromatic carbocycles. The molecule has 1 saturated heterocycles. The number of anilines is 1. The molecule has 0 spiro atoms. The van der Waals surface area contributed by atoms with Crippen LogP contribution in [0.2, 0.25) is 0 Å². The van der Waals surface area contributed by atoms with Gasteiger partial charge in [-0.15, -0.1) is 6.58 Å². The predicted octanol–water partition coefficient (Wildman–Crippen LogP) is 6.80. The lowest BCUT2D eigenvalue weighted by Crippen LogP contribution is -2.49. The summed E-state index contributed by atoms with van der Waals surface area (Å²) in [4.78, 5) is 17.4. The van der Waals surface area contributed by atoms with Gasteiger partial charge in [0.2, 0.25) is 0 Å². The van der Waals surface area contributed by atoms with Gasteiger partial charge in [0.15, 0.2) is 11.5 Å². The number of rotatable bonds is 10. The van der Waals surface area contributed by atoms with E-state index in [0.29, 0.717) is 49.8 Å². The van der Waals surface area contributed by atoms with E-state index in [1.165, 1.54) is 0 Å². The fraction of sp³-hybridized carbons (Fsp3) is 0.222. The van der Waals surface area contributed by atoms with Crippen molar-refractivity contribution in [3.63, 3.8) is 0 Å². The van der Waals surface area contributed by atoms with Crippen LogP contribution in [0.15, 0.2) is 103 Å². The summed E-state index contributed by atoms with van der Waals surface area (Å²) in [6.45, 7) is 9.21. The third-order valence-electron chi connectivity index (χ3n) is 7.42. The van der Waals surface area contributed by atoms with E-state index in [2.05, 4.69) is 53.9 Å². The van der Waals surface area contributed by atoms with E-state index >= 15 is 0 Å². The van der Waals surface area contributed by atoms with E-state index in [-0.39, 0.29) is 11.5 Å². The van der Waals surface area contributed by atoms with Crippen LogP contribution in [0.1, 0.15) is 23.6 Å². The Morgan fingerprint density at radius 2 is 1.67 bits per heavy atom. The second kappa shape index (κ2) is 13.6. The van der Waals surface area contributed by atoms with Crippen LogP contribution >= 0.6 is 0 Å². The fourth-order valence-electron chi connectivity index (χ4n) is 5.35. The largest absolute Gasteiger partial charge is 0.490 e. The number of carbonyl (C=O) groups excluding carboxylic acids is 1. The highest BCUT2D eigenvalue weighted by Gasteiger charge is 2.24. The van der Waals surface area contributed by atoms with Crippen molar-refractivity contribution >= 4 is 28.4 Å². The fourth-order valence-corrected chi connectivity index (χ4v) is 5.35. The quantitative estimate of drug-likeness (QED) is 0.122. The molecule has 0 bridgehead atoms. The Balaban J connectivity index is 1.38. The van der Waals surface area contributed by atoms with Crippen molar-refractivity contribution in [2.45, 2.75) is 20.0 Å². The van der Waals surface area contributed by atoms with E-state index < -0.39 is 0 Å². The number of benzene rings is 4. The van der Waals surface area contributed by atoms with E-state index in [9.17, 15) is 10.1 Å². The van der Waals surface area contributed by atoms with Crippen molar-refractivity contribution in [1.82, 2.24) is 4.90 Å². The number of para-hydroxylation sites is 1. The molecular formula is C36H35N3O3. The molecule has 0 saturated carbocycles. The molecule has 4 aromatic rings. The van der Waals surface area contributed by atoms with Crippen LogP contribution in [0, 0.1) is 11.3 Å². The summed E-state index contributed by atoms with van der Waals surface area (Å²) in [5, 5.41) is 12.3. The summed E-state index contributed by atoms with van der Waals surface area (Å²) < 4.78 is 12.4. The molecule has 0 atom stereocenters. The molecule has 0 radical (unpaired) electrons. The minimum atomic E-state index is -0.260. The van der Waals surface area contributed by atoms with Gasteiger partial charge in [-0.05, 0) is 65.6 Å². The van der Waals surface area contributed by atoms with Crippen LogP contribution in [0.5, 0.6) is 11.5 Å². The minimum absolute atomic E-state index is 0.0968. The Kier molecular flexibility index (Phi) is 9.20. The molecule has 6 heteroatoms. The van der Waals surface area contributed by atoms with Crippen LogP contribution in [-0.2, 0) is 17.8 Å². The summed E-state index contributed by atoms with van der Waals surface area (Å²) in [5.74, 6) is 0.956. The molecular weight excluding hydrogens is 522 g/mol. The first-order chi connectivity index (χ1) is 20.6. The third-order valence-corrected chi connectivity index (χ3v) is 7.42. The maximum atomic E-state index is 13.4. The molecule has 1 heterocycles. The van der Waals surface area contributed by atoms with Crippen molar-refractivity contribution in [3.05, 3.63) is 120 Å². The van der Waals surface area contributed by atoms with Gasteiger partial charge in [-0.3, -0.25) is 4.79 Å². The van der Waals surface area contributed by atoms with Gasteiger partial charge in [-0.25, -0.2) is 0 Å². The zero-order valence-corrected chi connectivity index (χ0v) is 24.0. The predicted molar refractivity (Wildman–Crippen MR) is 169 cm³/mol. The van der Waals surface area contributed by atoms with Gasteiger partial charge in [0, 0.05) is 37.4 Å². The number of allylic oxidation sites excluding steroid dienone is 1. The summed E-state index contributed by atoms with van der Waals surface area (Å²) >= 11 is 0. The Hall–Kier alpha value is -5.02. The van der Waals surface area contributed by atoms with Crippen molar-refractivity contribution in [2.24, 2.45) is 0 Å². The van der Waals surface area contributed by atoms with Crippen molar-refractivity contribution < 1.29 is 14.3 Å². The number of ether oxygens (including phenoxy) is 2. The van der Waals surface area contributed by atoms with Gasteiger partial charge in [0.05, 0.1) is 6.61 Å². The number of hydrogen-bond donors (Lipinski definition) is 0. The molecule has 0 N–H and O–H groups in total.